The molecule has 1 fully saturated rings. The highest BCUT2D eigenvalue weighted by molar-refractivity contribution is 5.92. The molecule has 1 aromatic rings. The number of hydrogen-bond acceptors (Lipinski definition) is 4. The average molecular weight is 343 g/mol. The summed E-state index contributed by atoms with van der Waals surface area (Å²) in [6.45, 7) is 3.03. The van der Waals surface area contributed by atoms with Gasteiger partial charge in [0.15, 0.2) is 0 Å². The van der Waals surface area contributed by atoms with Gasteiger partial charge in [-0.2, -0.15) is 0 Å². The zero-order valence-corrected chi connectivity index (χ0v) is 14.8. The lowest BCUT2D eigenvalue weighted by Crippen LogP contribution is -2.28. The molecule has 0 saturated carbocycles. The average Bonchev–Trinajstić information content (AvgIpc) is 2.81. The number of ether oxygens (including phenoxy) is 2. The Morgan fingerprint density at radius 1 is 1.13 bits per heavy atom. The Kier molecular flexibility index (Phi) is 8.81. The Morgan fingerprint density at radius 3 is 2.43 bits per heavy atom. The van der Waals surface area contributed by atoms with Crippen molar-refractivity contribution in [2.75, 3.05) is 39.2 Å². The Labute approximate surface area is 144 Å². The first-order chi connectivity index (χ1) is 10.7. The van der Waals surface area contributed by atoms with E-state index in [0.29, 0.717) is 23.6 Å². The lowest BCUT2D eigenvalue weighted by molar-refractivity contribution is -0.116. The molecule has 5 nitrogen and oxygen atoms in total. The maximum absolute atomic E-state index is 12.2. The normalized spacial score (nSPS) is 15.2. The molecule has 1 amide bonds. The Bertz CT molecular complexity index is 489. The zero-order valence-electron chi connectivity index (χ0n) is 14.0. The van der Waals surface area contributed by atoms with E-state index in [1.165, 1.54) is 25.7 Å². The molecule has 0 aliphatic carbocycles. The van der Waals surface area contributed by atoms with E-state index in [-0.39, 0.29) is 18.3 Å². The SMILES string of the molecule is COc1ccc(OC)c(NC(=O)CCN2CCCCCC2)c1.Cl. The lowest BCUT2D eigenvalue weighted by Gasteiger charge is -2.19. The molecule has 1 saturated heterocycles. The maximum Gasteiger partial charge on any atom is 0.225 e. The van der Waals surface area contributed by atoms with E-state index in [1.807, 2.05) is 6.07 Å². The second kappa shape index (κ2) is 10.3. The van der Waals surface area contributed by atoms with Crippen LogP contribution in [0.2, 0.25) is 0 Å². The number of amides is 1. The van der Waals surface area contributed by atoms with Gasteiger partial charge in [-0.05, 0) is 38.1 Å². The van der Waals surface area contributed by atoms with Gasteiger partial charge < -0.3 is 19.7 Å². The molecule has 1 N–H and O–H groups in total. The van der Waals surface area contributed by atoms with E-state index in [0.717, 1.165) is 19.6 Å². The van der Waals surface area contributed by atoms with Crippen molar-refractivity contribution >= 4 is 24.0 Å². The van der Waals surface area contributed by atoms with Crippen LogP contribution in [-0.4, -0.2) is 44.7 Å². The van der Waals surface area contributed by atoms with Crippen molar-refractivity contribution in [3.05, 3.63) is 18.2 Å². The minimum absolute atomic E-state index is 0. The summed E-state index contributed by atoms with van der Waals surface area (Å²) in [5.41, 5.74) is 0.655. The highest BCUT2D eigenvalue weighted by Gasteiger charge is 2.13. The first-order valence-electron chi connectivity index (χ1n) is 7.97. The standard InChI is InChI=1S/C17H26N2O3.ClH/c1-21-14-7-8-16(22-2)15(13-14)18-17(20)9-12-19-10-5-3-4-6-11-19;/h7-8,13H,3-6,9-12H2,1-2H3,(H,18,20);1H. The molecular formula is C17H27ClN2O3. The molecular weight excluding hydrogens is 316 g/mol. The van der Waals surface area contributed by atoms with Crippen LogP contribution >= 0.6 is 12.4 Å². The number of anilines is 1. The van der Waals surface area contributed by atoms with Crippen molar-refractivity contribution in [1.82, 2.24) is 4.90 Å². The second-order valence-corrected chi connectivity index (χ2v) is 5.62. The number of likely N-dealkylation sites (tertiary alicyclic amines) is 1. The molecule has 130 valence electrons. The third kappa shape index (κ3) is 6.28. The summed E-state index contributed by atoms with van der Waals surface area (Å²) >= 11 is 0. The number of halogens is 1. The third-order valence-corrected chi connectivity index (χ3v) is 4.03. The van der Waals surface area contributed by atoms with Crippen LogP contribution in [0.5, 0.6) is 11.5 Å². The molecule has 0 unspecified atom stereocenters. The summed E-state index contributed by atoms with van der Waals surface area (Å²) in [6, 6.07) is 5.39. The number of rotatable bonds is 6. The monoisotopic (exact) mass is 342 g/mol. The molecule has 6 heteroatoms. The lowest BCUT2D eigenvalue weighted by atomic mass is 10.2. The van der Waals surface area contributed by atoms with E-state index in [4.69, 9.17) is 9.47 Å². The summed E-state index contributed by atoms with van der Waals surface area (Å²) in [5, 5.41) is 2.92. The highest BCUT2D eigenvalue weighted by atomic mass is 35.5. The van der Waals surface area contributed by atoms with E-state index in [9.17, 15) is 4.79 Å². The third-order valence-electron chi connectivity index (χ3n) is 4.03. The zero-order chi connectivity index (χ0) is 15.8. The van der Waals surface area contributed by atoms with Gasteiger partial charge in [-0.15, -0.1) is 12.4 Å². The molecule has 0 atom stereocenters. The van der Waals surface area contributed by atoms with Crippen molar-refractivity contribution in [1.29, 1.82) is 0 Å². The summed E-state index contributed by atoms with van der Waals surface area (Å²) in [6.07, 6.45) is 5.60. The minimum Gasteiger partial charge on any atom is -0.497 e. The molecule has 2 rings (SSSR count). The number of carbonyl (C=O) groups is 1. The first kappa shape index (κ1) is 19.6. The molecule has 1 heterocycles. The van der Waals surface area contributed by atoms with E-state index < -0.39 is 0 Å². The van der Waals surface area contributed by atoms with Gasteiger partial charge in [0.2, 0.25) is 5.91 Å². The van der Waals surface area contributed by atoms with Crippen LogP contribution in [0.25, 0.3) is 0 Å². The van der Waals surface area contributed by atoms with Crippen LogP contribution in [0.1, 0.15) is 32.1 Å². The number of carbonyl (C=O) groups excluding carboxylic acids is 1. The fourth-order valence-corrected chi connectivity index (χ4v) is 2.74. The van der Waals surface area contributed by atoms with Gasteiger partial charge in [-0.3, -0.25) is 4.79 Å². The number of benzene rings is 1. The van der Waals surface area contributed by atoms with Crippen molar-refractivity contribution in [2.45, 2.75) is 32.1 Å². The first-order valence-corrected chi connectivity index (χ1v) is 7.97. The van der Waals surface area contributed by atoms with E-state index >= 15 is 0 Å². The fourth-order valence-electron chi connectivity index (χ4n) is 2.74. The van der Waals surface area contributed by atoms with Gasteiger partial charge in [0.05, 0.1) is 19.9 Å². The molecule has 0 spiro atoms. The van der Waals surface area contributed by atoms with Crippen LogP contribution in [0.15, 0.2) is 18.2 Å². The Morgan fingerprint density at radius 2 is 1.83 bits per heavy atom. The Hall–Kier alpha value is -1.46. The van der Waals surface area contributed by atoms with Gasteiger partial charge in [0.1, 0.15) is 11.5 Å². The molecule has 0 aromatic heterocycles. The molecule has 1 aromatic carbocycles. The topological polar surface area (TPSA) is 50.8 Å². The summed E-state index contributed by atoms with van der Waals surface area (Å²) < 4.78 is 10.5. The highest BCUT2D eigenvalue weighted by Crippen LogP contribution is 2.28. The van der Waals surface area contributed by atoms with Gasteiger partial charge in [-0.1, -0.05) is 12.8 Å². The number of hydrogen-bond donors (Lipinski definition) is 1. The molecule has 23 heavy (non-hydrogen) atoms. The molecule has 1 aliphatic rings. The molecule has 0 bridgehead atoms. The van der Waals surface area contributed by atoms with Gasteiger partial charge in [-0.25, -0.2) is 0 Å². The predicted octanol–water partition coefficient (Wildman–Crippen LogP) is 3.33. The summed E-state index contributed by atoms with van der Waals surface area (Å²) in [5.74, 6) is 1.35. The van der Waals surface area contributed by atoms with Crippen LogP contribution < -0.4 is 14.8 Å². The summed E-state index contributed by atoms with van der Waals surface area (Å²) in [4.78, 5) is 14.6. The number of nitrogens with one attached hydrogen (secondary N) is 1. The largest absolute Gasteiger partial charge is 0.497 e. The molecule has 0 radical (unpaired) electrons. The van der Waals surface area contributed by atoms with Crippen LogP contribution in [0.4, 0.5) is 5.69 Å². The van der Waals surface area contributed by atoms with Crippen LogP contribution in [0.3, 0.4) is 0 Å². The maximum atomic E-state index is 12.2. The fraction of sp³-hybridized carbons (Fsp3) is 0.588. The number of nitrogens with zero attached hydrogens (tertiary/aromatic N) is 1. The van der Waals surface area contributed by atoms with Crippen LogP contribution in [-0.2, 0) is 4.79 Å². The molecule has 1 aliphatic heterocycles. The van der Waals surface area contributed by atoms with Crippen molar-refractivity contribution in [2.24, 2.45) is 0 Å². The minimum atomic E-state index is 0. The Balaban J connectivity index is 0.00000264. The van der Waals surface area contributed by atoms with Gasteiger partial charge >= 0.3 is 0 Å². The van der Waals surface area contributed by atoms with Gasteiger partial charge in [0.25, 0.3) is 0 Å². The van der Waals surface area contributed by atoms with E-state index in [1.54, 1.807) is 26.4 Å². The number of methoxy groups -OCH3 is 2. The van der Waals surface area contributed by atoms with Crippen molar-refractivity contribution in [3.8, 4) is 11.5 Å². The van der Waals surface area contributed by atoms with Crippen molar-refractivity contribution < 1.29 is 14.3 Å². The second-order valence-electron chi connectivity index (χ2n) is 5.62. The summed E-state index contributed by atoms with van der Waals surface area (Å²) in [7, 11) is 3.20. The van der Waals surface area contributed by atoms with Gasteiger partial charge in [0, 0.05) is 19.0 Å². The smallest absolute Gasteiger partial charge is 0.225 e. The van der Waals surface area contributed by atoms with Crippen molar-refractivity contribution in [3.63, 3.8) is 0 Å². The quantitative estimate of drug-likeness (QED) is 0.861. The van der Waals surface area contributed by atoms with Crippen LogP contribution in [0, 0.1) is 0 Å². The predicted molar refractivity (Wildman–Crippen MR) is 94.9 cm³/mol. The van der Waals surface area contributed by atoms with E-state index in [2.05, 4.69) is 10.2 Å².